The molecule has 2 fully saturated rings. The smallest absolute Gasteiger partial charge is 0.405 e. The Balaban J connectivity index is 0.000000948. The van der Waals surface area contributed by atoms with Crippen LogP contribution in [0.15, 0.2) is 48.5 Å². The van der Waals surface area contributed by atoms with Crippen molar-refractivity contribution < 1.29 is 18.6 Å². The summed E-state index contributed by atoms with van der Waals surface area (Å²) in [4.78, 5) is 0. The molecule has 2 aliphatic rings. The predicted molar refractivity (Wildman–Crippen MR) is 108 cm³/mol. The molecular weight excluding hydrogens is 326 g/mol. The highest BCUT2D eigenvalue weighted by molar-refractivity contribution is 6.62. The van der Waals surface area contributed by atoms with E-state index in [2.05, 4.69) is 36.4 Å². The monoisotopic (exact) mass is 350 g/mol. The lowest BCUT2D eigenvalue weighted by Gasteiger charge is -2.05. The van der Waals surface area contributed by atoms with Crippen LogP contribution in [0.4, 0.5) is 0 Å². The summed E-state index contributed by atoms with van der Waals surface area (Å²) in [5, 5.41) is 0. The Morgan fingerprint density at radius 1 is 0.577 bits per heavy atom. The highest BCUT2D eigenvalue weighted by Crippen LogP contribution is 2.09. The molecule has 4 rings (SSSR count). The number of hydrogen-bond acceptors (Lipinski definition) is 4. The summed E-state index contributed by atoms with van der Waals surface area (Å²) in [5.41, 5.74) is 4.41. The minimum absolute atomic E-state index is 0.212. The van der Waals surface area contributed by atoms with Crippen LogP contribution in [0.2, 0.25) is 0 Å². The largest absolute Gasteiger partial charge is 0.494 e. The fourth-order valence-corrected chi connectivity index (χ4v) is 2.82. The van der Waals surface area contributed by atoms with E-state index in [9.17, 15) is 0 Å². The van der Waals surface area contributed by atoms with Gasteiger partial charge in [-0.25, -0.2) is 0 Å². The summed E-state index contributed by atoms with van der Waals surface area (Å²) < 4.78 is 22.0. The molecule has 0 saturated carbocycles. The molecule has 6 heteroatoms. The zero-order valence-corrected chi connectivity index (χ0v) is 15.4. The molecule has 2 aromatic carbocycles. The van der Waals surface area contributed by atoms with Crippen LogP contribution in [0.25, 0.3) is 12.2 Å². The highest BCUT2D eigenvalue weighted by Gasteiger charge is 2.26. The summed E-state index contributed by atoms with van der Waals surface area (Å²) in [6.07, 6.45) is 4.19. The molecule has 0 radical (unpaired) electrons. The second kappa shape index (κ2) is 9.74. The molecule has 2 aliphatic heterocycles. The van der Waals surface area contributed by atoms with Gasteiger partial charge in [-0.15, -0.1) is 0 Å². The summed E-state index contributed by atoms with van der Waals surface area (Å²) in [5.74, 6) is 0. The van der Waals surface area contributed by atoms with Gasteiger partial charge < -0.3 is 18.6 Å². The van der Waals surface area contributed by atoms with Crippen molar-refractivity contribution in [2.24, 2.45) is 0 Å². The molecule has 2 heterocycles. The lowest BCUT2D eigenvalue weighted by atomic mass is 9.79. The Morgan fingerprint density at radius 3 is 1.19 bits per heavy atom. The van der Waals surface area contributed by atoms with E-state index in [1.54, 1.807) is 0 Å². The van der Waals surface area contributed by atoms with Gasteiger partial charge in [-0.2, -0.15) is 0 Å². The van der Waals surface area contributed by atoms with Gasteiger partial charge in [0.25, 0.3) is 0 Å². The quantitative estimate of drug-likeness (QED) is 0.627. The molecule has 0 aliphatic carbocycles. The molecule has 0 atom stereocenters. The molecule has 4 nitrogen and oxygen atoms in total. The van der Waals surface area contributed by atoms with Gasteiger partial charge in [0, 0.05) is 0 Å². The van der Waals surface area contributed by atoms with Crippen molar-refractivity contribution >= 4 is 37.3 Å². The van der Waals surface area contributed by atoms with Gasteiger partial charge in [-0.05, 0) is 22.1 Å². The van der Waals surface area contributed by atoms with Crippen molar-refractivity contribution in [1.82, 2.24) is 0 Å². The second-order valence-corrected chi connectivity index (χ2v) is 5.81. The van der Waals surface area contributed by atoms with Crippen molar-refractivity contribution in [2.75, 3.05) is 26.4 Å². The van der Waals surface area contributed by atoms with Gasteiger partial charge in [0.15, 0.2) is 0 Å². The molecule has 2 aromatic rings. The van der Waals surface area contributed by atoms with Crippen LogP contribution >= 0.6 is 0 Å². The maximum absolute atomic E-state index is 5.50. The van der Waals surface area contributed by atoms with E-state index in [1.807, 2.05) is 38.1 Å². The first-order valence-electron chi connectivity index (χ1n) is 9.23. The topological polar surface area (TPSA) is 36.9 Å². The minimum atomic E-state index is -0.212. The average Bonchev–Trinajstić information content (AvgIpc) is 3.43. The molecule has 0 spiro atoms. The van der Waals surface area contributed by atoms with E-state index in [0.717, 1.165) is 22.1 Å². The average molecular weight is 350 g/mol. The fourth-order valence-electron chi connectivity index (χ4n) is 2.82. The van der Waals surface area contributed by atoms with Crippen LogP contribution < -0.4 is 10.9 Å². The molecule has 26 heavy (non-hydrogen) atoms. The first kappa shape index (κ1) is 18.9. The fraction of sp³-hybridized carbons (Fsp3) is 0.300. The van der Waals surface area contributed by atoms with Gasteiger partial charge in [0.1, 0.15) is 0 Å². The molecule has 0 amide bonds. The van der Waals surface area contributed by atoms with Crippen molar-refractivity contribution in [3.63, 3.8) is 0 Å². The Labute approximate surface area is 156 Å². The maximum atomic E-state index is 5.50. The Bertz CT molecular complexity index is 627. The number of hydrogen-bond donors (Lipinski definition) is 0. The third-order valence-electron chi connectivity index (χ3n) is 4.13. The molecule has 134 valence electrons. The molecular formula is C20H24B2O4. The molecule has 0 bridgehead atoms. The zero-order chi connectivity index (χ0) is 18.2. The Kier molecular flexibility index (Phi) is 7.09. The van der Waals surface area contributed by atoms with E-state index in [0.29, 0.717) is 26.4 Å². The second-order valence-electron chi connectivity index (χ2n) is 5.81. The van der Waals surface area contributed by atoms with Crippen LogP contribution in [-0.2, 0) is 18.6 Å². The van der Waals surface area contributed by atoms with Crippen molar-refractivity contribution in [3.05, 3.63) is 59.7 Å². The van der Waals surface area contributed by atoms with E-state index in [-0.39, 0.29) is 14.2 Å². The van der Waals surface area contributed by atoms with Gasteiger partial charge >= 0.3 is 14.2 Å². The molecule has 2 saturated heterocycles. The SMILES string of the molecule is C(=C\c1ccc(B2OCCO2)cc1)/c1ccc(B2OCCO2)cc1.CC. The van der Waals surface area contributed by atoms with Crippen molar-refractivity contribution in [2.45, 2.75) is 13.8 Å². The van der Waals surface area contributed by atoms with Gasteiger partial charge in [-0.3, -0.25) is 0 Å². The van der Waals surface area contributed by atoms with E-state index in [1.165, 1.54) is 0 Å². The van der Waals surface area contributed by atoms with Gasteiger partial charge in [-0.1, -0.05) is 74.5 Å². The predicted octanol–water partition coefficient (Wildman–Crippen LogP) is 2.37. The molecule has 0 N–H and O–H groups in total. The van der Waals surface area contributed by atoms with Crippen molar-refractivity contribution in [3.8, 4) is 0 Å². The first-order valence-corrected chi connectivity index (χ1v) is 9.23. The number of rotatable bonds is 4. The van der Waals surface area contributed by atoms with Crippen LogP contribution in [0, 0.1) is 0 Å². The third kappa shape index (κ3) is 4.86. The summed E-state index contributed by atoms with van der Waals surface area (Å²) >= 11 is 0. The summed E-state index contributed by atoms with van der Waals surface area (Å²) in [6, 6.07) is 16.5. The zero-order valence-electron chi connectivity index (χ0n) is 15.4. The van der Waals surface area contributed by atoms with Crippen molar-refractivity contribution in [1.29, 1.82) is 0 Å². The highest BCUT2D eigenvalue weighted by atomic mass is 16.6. The standard InChI is InChI=1S/C18H18B2O4.C2H6/c1(15-3-7-17(8-4-15)19-21-11-12-22-19)2-16-5-9-18(10-6-16)20-23-13-14-24-20;1-2/h1-10H,11-14H2;1-2H3/b2-1+;. The molecule has 0 unspecified atom stereocenters. The molecule has 0 aromatic heterocycles. The minimum Gasteiger partial charge on any atom is -0.405 e. The Hall–Kier alpha value is -1.85. The lowest BCUT2D eigenvalue weighted by molar-refractivity contribution is 0.365. The lowest BCUT2D eigenvalue weighted by Crippen LogP contribution is -2.31. The van der Waals surface area contributed by atoms with Gasteiger partial charge in [0.2, 0.25) is 0 Å². The third-order valence-corrected chi connectivity index (χ3v) is 4.13. The summed E-state index contributed by atoms with van der Waals surface area (Å²) in [7, 11) is -0.425. The van der Waals surface area contributed by atoms with Crippen LogP contribution in [0.3, 0.4) is 0 Å². The van der Waals surface area contributed by atoms with E-state index in [4.69, 9.17) is 18.6 Å². The Morgan fingerprint density at radius 2 is 0.885 bits per heavy atom. The van der Waals surface area contributed by atoms with E-state index < -0.39 is 0 Å². The maximum Gasteiger partial charge on any atom is 0.494 e. The van der Waals surface area contributed by atoms with Crippen LogP contribution in [-0.4, -0.2) is 40.7 Å². The normalized spacial score (nSPS) is 16.8. The van der Waals surface area contributed by atoms with E-state index >= 15 is 0 Å². The van der Waals surface area contributed by atoms with Gasteiger partial charge in [0.05, 0.1) is 26.4 Å². The van der Waals surface area contributed by atoms with Crippen LogP contribution in [0.1, 0.15) is 25.0 Å². The first-order chi connectivity index (χ1) is 12.9. The summed E-state index contributed by atoms with van der Waals surface area (Å²) in [6.45, 7) is 6.66. The van der Waals surface area contributed by atoms with Crippen LogP contribution in [0.5, 0.6) is 0 Å². The number of benzene rings is 2.